The Morgan fingerprint density at radius 3 is 1.78 bits per heavy atom. The molecule has 11 atom stereocenters. The average molecular weight is 1500 g/mol. The standard InChI is InChI=1S/C71H94N20O17/c1-37-59(97)88-52(32-39-31-38-15-2-7-20-45(38)81-39)65(103)86-50(25-12-28-77-69(73)74)62(100)83-46(58(72)96)21-8-9-24-49-64(102)90-54(35-92)66(104)89-53(33-57(94)95)68(106)91-30-14-27-55(91)67(105)87-51(26-13-29-78-70(75)76)63(101)84-48(60(98)80-37)23-11-10-22-47(61(99)85-49)82-56(93)34-79-71(107)108-36-44-42-18-5-3-16-40(42)41-17-4-6-19-43(41)44/h2-9,15-20,31,37,44,46-55,81,92H,10-14,21-30,32-36H2,1H3,(H2,72,96)(H,79,107)(H,80,98)(H,82,93)(H,83,100)(H,84,101)(H,85,99)(H,86,103)(H,87,105)(H,88,97)(H,89,104)(H,90,102)(H,94,95)(H4,73,74,77)(H4,75,76,78)/b9-8+/t37-,46-,47-,48-,49-,50-,51-,52-,53-,54-,55?/m0/s1. The van der Waals surface area contributed by atoms with Gasteiger partial charge in [-0.05, 0) is 111 Å². The van der Waals surface area contributed by atoms with Crippen molar-refractivity contribution in [3.63, 3.8) is 0 Å². The van der Waals surface area contributed by atoms with Crippen LogP contribution in [0.3, 0.4) is 0 Å². The first-order valence-corrected chi connectivity index (χ1v) is 35.6. The number of nitrogens with two attached hydrogens (primary N) is 3. The van der Waals surface area contributed by atoms with Gasteiger partial charge in [-0.3, -0.25) is 73.1 Å². The van der Waals surface area contributed by atoms with E-state index < -0.39 is 194 Å². The fourth-order valence-electron chi connectivity index (χ4n) is 13.1. The van der Waals surface area contributed by atoms with Crippen molar-refractivity contribution in [1.82, 2.24) is 79.0 Å². The van der Waals surface area contributed by atoms with Crippen LogP contribution in [-0.2, 0) is 73.5 Å². The van der Waals surface area contributed by atoms with E-state index in [1.807, 2.05) is 48.5 Å². The van der Waals surface area contributed by atoms with Gasteiger partial charge in [-0.15, -0.1) is 0 Å². The Bertz CT molecular complexity index is 3980. The number of guanidine groups is 2. The number of aromatic nitrogens is 1. The maximum atomic E-state index is 14.9. The third-order valence-corrected chi connectivity index (χ3v) is 18.7. The summed E-state index contributed by atoms with van der Waals surface area (Å²) >= 11 is 0. The summed E-state index contributed by atoms with van der Waals surface area (Å²) in [5.74, 6) is -15.4. The maximum absolute atomic E-state index is 14.9. The third-order valence-electron chi connectivity index (χ3n) is 18.7. The molecule has 2 fully saturated rings. The fraction of sp³-hybridized carbons (Fsp3) is 0.465. The number of rotatable bonds is 19. The van der Waals surface area contributed by atoms with Crippen LogP contribution in [0.15, 0.2) is 91.0 Å². The number of aliphatic carboxylic acids is 1. The number of ether oxygens (including phenoxy) is 1. The number of carboxylic acid groups (broad SMARTS) is 1. The number of aliphatic hydroxyl groups excluding tert-OH is 1. The molecule has 37 nitrogen and oxygen atoms in total. The highest BCUT2D eigenvalue weighted by Gasteiger charge is 2.42. The summed E-state index contributed by atoms with van der Waals surface area (Å²) in [5, 5.41) is 69.9. The SMILES string of the molecule is C[C@@H]1NC(=O)[C@@H]2CCCC[C@H](NC(=O)CNC(=O)OCC3c4ccccc4-c4ccccc43)C(=O)N[C@@H](C/C=C/C[C@@H](C(N)=O)NC(=O)[C@H](CCCNC(=N)N)NC(=O)[C@H](Cc3cc4ccccc4[nH]3)NC1=O)C(=O)N[C@@H](CO)C(=O)N[C@@H](CC(=O)O)C(=O)N1CCCC1C(=O)N[C@@H](CCCNC(=N)N)C(=O)N2. The van der Waals surface area contributed by atoms with E-state index in [0.717, 1.165) is 32.5 Å². The molecule has 4 aliphatic rings. The van der Waals surface area contributed by atoms with Crippen LogP contribution in [0.4, 0.5) is 4.79 Å². The molecule has 37 heteroatoms. The van der Waals surface area contributed by atoms with Crippen LogP contribution in [0.25, 0.3) is 22.0 Å². The summed E-state index contributed by atoms with van der Waals surface area (Å²) in [6, 6.07) is 5.90. The summed E-state index contributed by atoms with van der Waals surface area (Å²) in [6.07, 6.45) is -1.77. The van der Waals surface area contributed by atoms with Crippen LogP contribution in [0.5, 0.6) is 0 Å². The second-order valence-corrected chi connectivity index (χ2v) is 26.7. The summed E-state index contributed by atoms with van der Waals surface area (Å²) in [5.41, 5.74) is 21.8. The van der Waals surface area contributed by atoms with E-state index in [1.54, 1.807) is 30.3 Å². The smallest absolute Gasteiger partial charge is 0.407 e. The molecular formula is C71H94N20O17. The Hall–Kier alpha value is -12.2. The maximum Gasteiger partial charge on any atom is 0.407 e. The molecule has 0 spiro atoms. The van der Waals surface area contributed by atoms with Crippen LogP contribution < -0.4 is 86.3 Å². The zero-order valence-corrected chi connectivity index (χ0v) is 59.4. The van der Waals surface area contributed by atoms with Crippen molar-refractivity contribution in [3.8, 4) is 11.1 Å². The highest BCUT2D eigenvalue weighted by atomic mass is 16.5. The summed E-state index contributed by atoms with van der Waals surface area (Å²) in [7, 11) is 0. The van der Waals surface area contributed by atoms with Crippen LogP contribution in [0.1, 0.15) is 113 Å². The van der Waals surface area contributed by atoms with Crippen molar-refractivity contribution in [1.29, 1.82) is 10.8 Å². The van der Waals surface area contributed by atoms with Gasteiger partial charge in [0.25, 0.3) is 0 Å². The largest absolute Gasteiger partial charge is 0.481 e. The number of amides is 13. The monoisotopic (exact) mass is 1500 g/mol. The van der Waals surface area contributed by atoms with Crippen LogP contribution >= 0.6 is 0 Å². The second-order valence-electron chi connectivity index (χ2n) is 26.7. The van der Waals surface area contributed by atoms with E-state index in [1.165, 1.54) is 19.1 Å². The number of hydrogen-bond acceptors (Lipinski definition) is 18. The summed E-state index contributed by atoms with van der Waals surface area (Å²) < 4.78 is 5.64. The predicted molar refractivity (Wildman–Crippen MR) is 388 cm³/mol. The number of H-pyrrole nitrogens is 1. The number of aliphatic hydroxyl groups is 1. The predicted octanol–water partition coefficient (Wildman–Crippen LogP) is -3.49. The topological polar surface area (TPSA) is 590 Å². The van der Waals surface area contributed by atoms with Gasteiger partial charge in [0, 0.05) is 43.2 Å². The molecule has 3 aromatic carbocycles. The minimum absolute atomic E-state index is 0.0128. The molecule has 2 saturated heterocycles. The first kappa shape index (κ1) is 81.5. The van der Waals surface area contributed by atoms with E-state index >= 15 is 0 Å². The number of aromatic amines is 1. The lowest BCUT2D eigenvalue weighted by Crippen LogP contribution is -2.61. The van der Waals surface area contributed by atoms with Gasteiger partial charge in [-0.2, -0.15) is 0 Å². The number of fused-ring (bicyclic) bond motifs is 13. The molecule has 13 amide bonds. The third kappa shape index (κ3) is 23.2. The zero-order chi connectivity index (χ0) is 78.1. The van der Waals surface area contributed by atoms with Gasteiger partial charge >= 0.3 is 12.1 Å². The number of nitrogens with one attached hydrogen (secondary N) is 16. The Balaban J connectivity index is 1.18. The van der Waals surface area contributed by atoms with Gasteiger partial charge in [0.15, 0.2) is 11.9 Å². The van der Waals surface area contributed by atoms with E-state index in [0.29, 0.717) is 11.2 Å². The minimum atomic E-state index is -2.00. The minimum Gasteiger partial charge on any atom is -0.481 e. The van der Waals surface area contributed by atoms with Gasteiger partial charge in [0.1, 0.15) is 79.6 Å². The van der Waals surface area contributed by atoms with Crippen molar-refractivity contribution < 1.29 is 82.1 Å². The van der Waals surface area contributed by atoms with E-state index in [-0.39, 0.29) is 103 Å². The lowest BCUT2D eigenvalue weighted by atomic mass is 9.98. The Labute approximate surface area is 620 Å². The fourth-order valence-corrected chi connectivity index (χ4v) is 13.1. The second kappa shape index (κ2) is 39.3. The lowest BCUT2D eigenvalue weighted by Gasteiger charge is -2.30. The number of carbonyl (C=O) groups excluding carboxylic acids is 13. The quantitative estimate of drug-likeness (QED) is 0.0188. The zero-order valence-electron chi connectivity index (χ0n) is 59.4. The molecule has 3 aliphatic heterocycles. The highest BCUT2D eigenvalue weighted by molar-refractivity contribution is 6.01. The van der Waals surface area contributed by atoms with Crippen molar-refractivity contribution in [2.45, 2.75) is 169 Å². The van der Waals surface area contributed by atoms with E-state index in [4.69, 9.17) is 32.8 Å². The Morgan fingerprint density at radius 1 is 0.583 bits per heavy atom. The van der Waals surface area contributed by atoms with Gasteiger partial charge in [-0.25, -0.2) is 4.79 Å². The lowest BCUT2D eigenvalue weighted by molar-refractivity contribution is -0.146. The average Bonchev–Trinajstić information content (AvgIpc) is 1.62. The van der Waals surface area contributed by atoms with E-state index in [9.17, 15) is 77.3 Å². The molecule has 108 heavy (non-hydrogen) atoms. The highest BCUT2D eigenvalue weighted by Crippen LogP contribution is 2.44. The summed E-state index contributed by atoms with van der Waals surface area (Å²) in [4.78, 5) is 204. The van der Waals surface area contributed by atoms with Crippen LogP contribution in [0, 0.1) is 10.8 Å². The van der Waals surface area contributed by atoms with Crippen molar-refractivity contribution in [3.05, 3.63) is 108 Å². The normalized spacial score (nSPS) is 24.3. The van der Waals surface area contributed by atoms with Gasteiger partial charge in [0.2, 0.25) is 70.9 Å². The van der Waals surface area contributed by atoms with Crippen LogP contribution in [-0.4, -0.2) is 221 Å². The molecule has 24 N–H and O–H groups in total. The number of primary amides is 1. The molecule has 1 aliphatic carbocycles. The molecule has 580 valence electrons. The number of carboxylic acids is 1. The van der Waals surface area contributed by atoms with Gasteiger partial charge < -0.3 is 111 Å². The number of nitrogens with zero attached hydrogens (tertiary/aromatic N) is 1. The first-order chi connectivity index (χ1) is 51.7. The molecule has 8 rings (SSSR count). The van der Waals surface area contributed by atoms with Crippen molar-refractivity contribution in [2.75, 3.05) is 39.4 Å². The molecule has 0 radical (unpaired) electrons. The number of benzene rings is 3. The van der Waals surface area contributed by atoms with E-state index in [2.05, 4.69) is 74.1 Å². The van der Waals surface area contributed by atoms with Crippen molar-refractivity contribution in [2.24, 2.45) is 17.2 Å². The van der Waals surface area contributed by atoms with Gasteiger partial charge in [0.05, 0.1) is 13.0 Å². The molecule has 1 aromatic heterocycles. The Morgan fingerprint density at radius 2 is 1.14 bits per heavy atom. The first-order valence-electron chi connectivity index (χ1n) is 35.6. The molecule has 4 heterocycles. The van der Waals surface area contributed by atoms with Crippen molar-refractivity contribution >= 4 is 106 Å². The number of alkyl carbamates (subject to hydrolysis) is 1. The Kier molecular flexibility index (Phi) is 29.6. The molecular weight excluding hydrogens is 1400 g/mol. The molecule has 4 aromatic rings. The number of carbonyl (C=O) groups is 14. The van der Waals surface area contributed by atoms with Crippen LogP contribution in [0.2, 0.25) is 0 Å². The molecule has 0 saturated carbocycles. The van der Waals surface area contributed by atoms with Gasteiger partial charge in [-0.1, -0.05) is 91.7 Å². The number of hydrogen-bond donors (Lipinski definition) is 21. The summed E-state index contributed by atoms with van der Waals surface area (Å²) in [6.45, 7) is -1.00. The number of para-hydroxylation sites is 1. The molecule has 1 unspecified atom stereocenters. The molecule has 2 bridgehead atoms.